The van der Waals surface area contributed by atoms with Gasteiger partial charge in [0, 0.05) is 0 Å². The number of ether oxygens (including phenoxy) is 6. The molecule has 6 nitrogen and oxygen atoms in total. The van der Waals surface area contributed by atoms with E-state index in [0.29, 0.717) is 26.4 Å². The average Bonchev–Trinajstić information content (AvgIpc) is 4.01. The molecule has 3 aliphatic rings. The summed E-state index contributed by atoms with van der Waals surface area (Å²) in [4.78, 5) is 0. The van der Waals surface area contributed by atoms with Crippen molar-refractivity contribution in [3.63, 3.8) is 0 Å². The number of rotatable bonds is 14. The Kier molecular flexibility index (Phi) is 8.88. The Morgan fingerprint density at radius 1 is 0.596 bits per heavy atom. The van der Waals surface area contributed by atoms with E-state index in [-0.39, 0.29) is 24.4 Å². The Balaban J connectivity index is 1.28. The van der Waals surface area contributed by atoms with E-state index in [9.17, 15) is 0 Å². The van der Waals surface area contributed by atoms with Crippen LogP contribution in [0.15, 0.2) is 72.8 Å². The Morgan fingerprint density at radius 3 is 1.40 bits per heavy atom. The molecular formula is C41H46O6. The summed E-state index contributed by atoms with van der Waals surface area (Å²) in [5.74, 6) is 1.78. The van der Waals surface area contributed by atoms with Crippen LogP contribution in [0.1, 0.15) is 58.4 Å². The molecule has 4 aromatic rings. The van der Waals surface area contributed by atoms with Gasteiger partial charge in [-0.05, 0) is 109 Å². The molecule has 0 radical (unpaired) electrons. The van der Waals surface area contributed by atoms with Gasteiger partial charge in [-0.15, -0.1) is 0 Å². The van der Waals surface area contributed by atoms with E-state index in [1.165, 1.54) is 44.5 Å². The topological polar surface area (TPSA) is 62.0 Å². The van der Waals surface area contributed by atoms with E-state index < -0.39 is 5.41 Å². The van der Waals surface area contributed by atoms with Crippen LogP contribution >= 0.6 is 0 Å². The van der Waals surface area contributed by atoms with Gasteiger partial charge in [-0.1, -0.05) is 60.7 Å². The fraction of sp³-hybridized carbons (Fsp3) is 0.415. The van der Waals surface area contributed by atoms with Gasteiger partial charge in [0.15, 0.2) is 0 Å². The molecule has 2 heterocycles. The second-order valence-corrected chi connectivity index (χ2v) is 13.5. The third-order valence-electron chi connectivity index (χ3n) is 9.69. The summed E-state index contributed by atoms with van der Waals surface area (Å²) in [6, 6.07) is 26.9. The van der Waals surface area contributed by atoms with Gasteiger partial charge < -0.3 is 28.4 Å². The maximum absolute atomic E-state index is 6.37. The zero-order chi connectivity index (χ0) is 32.7. The van der Waals surface area contributed by atoms with Gasteiger partial charge in [-0.2, -0.15) is 0 Å². The third-order valence-corrected chi connectivity index (χ3v) is 9.69. The standard InChI is InChI=1S/C41H46O6/c1-25-17-39(46-19-29(5)42-21-31-23-44-31)27(3)15-37(25)41(35-13-9-7-11-33(35)34-12-8-10-14-36(34)41)38-16-28(4)40(18-26(38)2)47-20-30(6)43-22-32-24-45-32/h7-18,29-32H,19-24H2,1-6H3. The van der Waals surface area contributed by atoms with Crippen molar-refractivity contribution in [3.05, 3.63) is 117 Å². The van der Waals surface area contributed by atoms with E-state index in [0.717, 1.165) is 35.8 Å². The third kappa shape index (κ3) is 6.32. The molecular weight excluding hydrogens is 588 g/mol. The number of aryl methyl sites for hydroxylation is 4. The molecule has 4 aromatic carbocycles. The first-order valence-corrected chi connectivity index (χ1v) is 16.9. The van der Waals surface area contributed by atoms with Gasteiger partial charge >= 0.3 is 0 Å². The highest BCUT2D eigenvalue weighted by Crippen LogP contribution is 2.58. The SMILES string of the molecule is Cc1cc(C2(c3cc(C)c(OCC(C)OCC4CO4)cc3C)c3ccccc3-c3ccccc32)c(C)cc1OCC(C)OCC1CO1. The van der Waals surface area contributed by atoms with E-state index in [1.54, 1.807) is 0 Å². The monoisotopic (exact) mass is 634 g/mol. The molecule has 246 valence electrons. The number of fused-ring (bicyclic) bond motifs is 3. The Bertz CT molecular complexity index is 1620. The van der Waals surface area contributed by atoms with E-state index in [1.807, 2.05) is 0 Å². The van der Waals surface area contributed by atoms with Crippen molar-refractivity contribution in [2.24, 2.45) is 0 Å². The number of hydrogen-bond donors (Lipinski definition) is 0. The minimum atomic E-state index is -0.519. The molecule has 1 aliphatic carbocycles. The second kappa shape index (κ2) is 13.1. The normalized spacial score (nSPS) is 19.9. The van der Waals surface area contributed by atoms with Gasteiger partial charge in [0.25, 0.3) is 0 Å². The van der Waals surface area contributed by atoms with E-state index >= 15 is 0 Å². The molecule has 0 aromatic heterocycles. The first-order chi connectivity index (χ1) is 22.8. The molecule has 0 saturated carbocycles. The van der Waals surface area contributed by atoms with Crippen LogP contribution < -0.4 is 9.47 Å². The van der Waals surface area contributed by atoms with E-state index in [2.05, 4.69) is 114 Å². The van der Waals surface area contributed by atoms with Crippen LogP contribution in [0.4, 0.5) is 0 Å². The lowest BCUT2D eigenvalue weighted by atomic mass is 9.65. The van der Waals surface area contributed by atoms with Gasteiger partial charge in [0.1, 0.15) is 36.9 Å². The summed E-state index contributed by atoms with van der Waals surface area (Å²) >= 11 is 0. The summed E-state index contributed by atoms with van der Waals surface area (Å²) in [6.07, 6.45) is 0.442. The molecule has 4 atom stereocenters. The van der Waals surface area contributed by atoms with E-state index in [4.69, 9.17) is 28.4 Å². The highest BCUT2D eigenvalue weighted by molar-refractivity contribution is 5.87. The van der Waals surface area contributed by atoms with Crippen LogP contribution in [0.5, 0.6) is 11.5 Å². The van der Waals surface area contributed by atoms with Crippen molar-refractivity contribution in [2.75, 3.05) is 39.6 Å². The largest absolute Gasteiger partial charge is 0.491 e. The summed E-state index contributed by atoms with van der Waals surface area (Å²) in [7, 11) is 0. The van der Waals surface area contributed by atoms with Crippen molar-refractivity contribution in [3.8, 4) is 22.6 Å². The predicted octanol–water partition coefficient (Wildman–Crippen LogP) is 7.65. The fourth-order valence-corrected chi connectivity index (χ4v) is 7.04. The van der Waals surface area contributed by atoms with Crippen LogP contribution in [0.2, 0.25) is 0 Å². The molecule has 2 aliphatic heterocycles. The Morgan fingerprint density at radius 2 is 1.00 bits per heavy atom. The number of epoxide rings is 2. The van der Waals surface area contributed by atoms with Crippen LogP contribution in [0, 0.1) is 27.7 Å². The lowest BCUT2D eigenvalue weighted by Crippen LogP contribution is -2.31. The maximum atomic E-state index is 6.37. The van der Waals surface area contributed by atoms with Gasteiger partial charge in [0.05, 0.1) is 44.1 Å². The molecule has 0 spiro atoms. The van der Waals surface area contributed by atoms with Crippen molar-refractivity contribution >= 4 is 0 Å². The van der Waals surface area contributed by atoms with Crippen LogP contribution in [-0.4, -0.2) is 64.1 Å². The minimum Gasteiger partial charge on any atom is -0.491 e. The van der Waals surface area contributed by atoms with Crippen molar-refractivity contribution in [1.29, 1.82) is 0 Å². The first-order valence-electron chi connectivity index (χ1n) is 16.9. The van der Waals surface area contributed by atoms with Gasteiger partial charge in [-0.3, -0.25) is 0 Å². The zero-order valence-electron chi connectivity index (χ0n) is 28.4. The van der Waals surface area contributed by atoms with Crippen LogP contribution in [0.3, 0.4) is 0 Å². The Hall–Kier alpha value is -3.68. The smallest absolute Gasteiger partial charge is 0.122 e. The molecule has 47 heavy (non-hydrogen) atoms. The molecule has 2 saturated heterocycles. The summed E-state index contributed by atoms with van der Waals surface area (Å²) < 4.78 is 35.2. The zero-order valence-corrected chi connectivity index (χ0v) is 28.4. The molecule has 6 heteroatoms. The van der Waals surface area contributed by atoms with Crippen molar-refractivity contribution in [2.45, 2.75) is 71.4 Å². The molecule has 7 rings (SSSR count). The molecule has 2 fully saturated rings. The summed E-state index contributed by atoms with van der Waals surface area (Å²) in [5.41, 5.74) is 11.7. The number of hydrogen-bond acceptors (Lipinski definition) is 6. The van der Waals surface area contributed by atoms with Crippen molar-refractivity contribution < 1.29 is 28.4 Å². The van der Waals surface area contributed by atoms with Crippen LogP contribution in [-0.2, 0) is 24.4 Å². The predicted molar refractivity (Wildman–Crippen MR) is 184 cm³/mol. The lowest BCUT2D eigenvalue weighted by molar-refractivity contribution is 0.0239. The summed E-state index contributed by atoms with van der Waals surface area (Å²) in [5, 5.41) is 0. The molecule has 0 N–H and O–H groups in total. The highest BCUT2D eigenvalue weighted by Gasteiger charge is 2.47. The van der Waals surface area contributed by atoms with Crippen molar-refractivity contribution in [1.82, 2.24) is 0 Å². The summed E-state index contributed by atoms with van der Waals surface area (Å²) in [6.45, 7) is 16.6. The van der Waals surface area contributed by atoms with Gasteiger partial charge in [0.2, 0.25) is 0 Å². The molecule has 0 amide bonds. The van der Waals surface area contributed by atoms with Crippen LogP contribution in [0.25, 0.3) is 11.1 Å². The molecule has 4 unspecified atom stereocenters. The Labute approximate surface area is 278 Å². The second-order valence-electron chi connectivity index (χ2n) is 13.5. The number of benzene rings is 4. The fourth-order valence-electron chi connectivity index (χ4n) is 7.04. The minimum absolute atomic E-state index is 0.0216. The average molecular weight is 635 g/mol. The first kappa shape index (κ1) is 31.9. The molecule has 0 bridgehead atoms. The quantitative estimate of drug-likeness (QED) is 0.117. The van der Waals surface area contributed by atoms with Gasteiger partial charge in [-0.25, -0.2) is 0 Å². The highest BCUT2D eigenvalue weighted by atomic mass is 16.6. The maximum Gasteiger partial charge on any atom is 0.122 e. The lowest BCUT2D eigenvalue weighted by Gasteiger charge is -2.37.